The number of amides is 2. The molecule has 0 unspecified atom stereocenters. The van der Waals surface area contributed by atoms with E-state index in [1.54, 1.807) is 30.3 Å². The lowest BCUT2D eigenvalue weighted by atomic mass is 10.1. The van der Waals surface area contributed by atoms with E-state index in [-0.39, 0.29) is 36.2 Å². The lowest BCUT2D eigenvalue weighted by Crippen LogP contribution is -2.49. The molecule has 0 aliphatic rings. The summed E-state index contributed by atoms with van der Waals surface area (Å²) in [5.41, 5.74) is 0.977. The first-order valence-corrected chi connectivity index (χ1v) is 9.51. The average molecular weight is 388 g/mol. The summed E-state index contributed by atoms with van der Waals surface area (Å²) in [6, 6.07) is 11.2. The van der Waals surface area contributed by atoms with E-state index in [4.69, 9.17) is 0 Å². The van der Waals surface area contributed by atoms with Crippen molar-refractivity contribution in [2.75, 3.05) is 6.54 Å². The first-order valence-electron chi connectivity index (χ1n) is 9.51. The number of halogens is 2. The van der Waals surface area contributed by atoms with Crippen molar-refractivity contribution in [3.05, 3.63) is 71.3 Å². The number of carbonyl (C=O) groups excluding carboxylic acids is 2. The van der Waals surface area contributed by atoms with E-state index in [0.29, 0.717) is 18.5 Å². The fourth-order valence-electron chi connectivity index (χ4n) is 2.98. The van der Waals surface area contributed by atoms with Crippen LogP contribution in [0.5, 0.6) is 0 Å². The second-order valence-corrected chi connectivity index (χ2v) is 6.63. The molecule has 1 N–H and O–H groups in total. The number of rotatable bonds is 9. The largest absolute Gasteiger partial charge is 0.354 e. The maximum Gasteiger partial charge on any atom is 0.242 e. The molecule has 2 aromatic rings. The van der Waals surface area contributed by atoms with Gasteiger partial charge in [0.15, 0.2) is 0 Å². The van der Waals surface area contributed by atoms with Gasteiger partial charge in [0.2, 0.25) is 11.8 Å². The standard InChI is InChI=1S/C22H26F2N2O2/c1-3-13-25-22(28)20(4-2)26(15-16-9-11-18(23)12-10-16)21(27)14-17-7-5-6-8-19(17)24/h5-12,20H,3-4,13-15H2,1-2H3,(H,25,28)/t20-/m1/s1. The second-order valence-electron chi connectivity index (χ2n) is 6.63. The van der Waals surface area contributed by atoms with Gasteiger partial charge in [0.25, 0.3) is 0 Å². The van der Waals surface area contributed by atoms with Crippen LogP contribution in [-0.2, 0) is 22.6 Å². The maximum absolute atomic E-state index is 14.0. The van der Waals surface area contributed by atoms with Gasteiger partial charge in [-0.1, -0.05) is 44.2 Å². The third kappa shape index (κ3) is 5.87. The van der Waals surface area contributed by atoms with Crippen molar-refractivity contribution in [2.45, 2.75) is 45.7 Å². The summed E-state index contributed by atoms with van der Waals surface area (Å²) in [6.07, 6.45) is 1.05. The lowest BCUT2D eigenvalue weighted by molar-refractivity contribution is -0.141. The third-order valence-electron chi connectivity index (χ3n) is 4.50. The quantitative estimate of drug-likeness (QED) is 0.710. The highest BCUT2D eigenvalue weighted by Crippen LogP contribution is 2.16. The molecule has 0 saturated heterocycles. The molecule has 0 radical (unpaired) electrons. The first kappa shape index (κ1) is 21.5. The number of benzene rings is 2. The summed E-state index contributed by atoms with van der Waals surface area (Å²) in [4.78, 5) is 27.1. The maximum atomic E-state index is 14.0. The molecule has 0 aliphatic carbocycles. The van der Waals surface area contributed by atoms with E-state index in [1.807, 2.05) is 13.8 Å². The van der Waals surface area contributed by atoms with Crippen molar-refractivity contribution < 1.29 is 18.4 Å². The normalized spacial score (nSPS) is 11.7. The zero-order valence-corrected chi connectivity index (χ0v) is 16.3. The molecule has 0 spiro atoms. The average Bonchev–Trinajstić information content (AvgIpc) is 2.69. The summed E-state index contributed by atoms with van der Waals surface area (Å²) in [5.74, 6) is -1.43. The number of nitrogens with zero attached hydrogens (tertiary/aromatic N) is 1. The van der Waals surface area contributed by atoms with E-state index in [9.17, 15) is 18.4 Å². The van der Waals surface area contributed by atoms with Crippen LogP contribution in [0.3, 0.4) is 0 Å². The van der Waals surface area contributed by atoms with Crippen molar-refractivity contribution in [3.63, 3.8) is 0 Å². The highest BCUT2D eigenvalue weighted by molar-refractivity contribution is 5.88. The molecule has 6 heteroatoms. The van der Waals surface area contributed by atoms with Gasteiger partial charge in [0.05, 0.1) is 6.42 Å². The molecule has 0 heterocycles. The van der Waals surface area contributed by atoms with Gasteiger partial charge in [0.1, 0.15) is 17.7 Å². The van der Waals surface area contributed by atoms with Crippen molar-refractivity contribution in [1.29, 1.82) is 0 Å². The Balaban J connectivity index is 2.27. The van der Waals surface area contributed by atoms with Gasteiger partial charge in [-0.25, -0.2) is 8.78 Å². The van der Waals surface area contributed by atoms with Crippen LogP contribution in [0.2, 0.25) is 0 Å². The van der Waals surface area contributed by atoms with Crippen molar-refractivity contribution in [2.24, 2.45) is 0 Å². The van der Waals surface area contributed by atoms with Gasteiger partial charge >= 0.3 is 0 Å². The topological polar surface area (TPSA) is 49.4 Å². The van der Waals surface area contributed by atoms with Crippen LogP contribution in [0, 0.1) is 11.6 Å². The van der Waals surface area contributed by atoms with Crippen molar-refractivity contribution >= 4 is 11.8 Å². The fraction of sp³-hybridized carbons (Fsp3) is 0.364. The Morgan fingerprint density at radius 3 is 2.32 bits per heavy atom. The summed E-state index contributed by atoms with van der Waals surface area (Å²) in [7, 11) is 0. The Bertz CT molecular complexity index is 793. The molecule has 2 amide bonds. The zero-order chi connectivity index (χ0) is 20.5. The van der Waals surface area contributed by atoms with E-state index in [2.05, 4.69) is 5.32 Å². The van der Waals surface area contributed by atoms with Gasteiger partial charge in [-0.2, -0.15) is 0 Å². The molecule has 28 heavy (non-hydrogen) atoms. The van der Waals surface area contributed by atoms with Gasteiger partial charge in [0, 0.05) is 13.1 Å². The summed E-state index contributed by atoms with van der Waals surface area (Å²) in [5, 5.41) is 2.82. The molecular formula is C22H26F2N2O2. The monoisotopic (exact) mass is 388 g/mol. The Hall–Kier alpha value is -2.76. The van der Waals surface area contributed by atoms with Crippen LogP contribution in [0.4, 0.5) is 8.78 Å². The summed E-state index contributed by atoms with van der Waals surface area (Å²) >= 11 is 0. The Kier molecular flexibility index (Phi) is 8.11. The molecule has 0 aromatic heterocycles. The van der Waals surface area contributed by atoms with Crippen molar-refractivity contribution in [1.82, 2.24) is 10.2 Å². The van der Waals surface area contributed by atoms with E-state index >= 15 is 0 Å². The predicted molar refractivity (Wildman–Crippen MR) is 104 cm³/mol. The highest BCUT2D eigenvalue weighted by atomic mass is 19.1. The zero-order valence-electron chi connectivity index (χ0n) is 16.3. The van der Waals surface area contributed by atoms with Crippen LogP contribution in [0.25, 0.3) is 0 Å². The van der Waals surface area contributed by atoms with E-state index in [1.165, 1.54) is 23.1 Å². The number of nitrogens with one attached hydrogen (secondary N) is 1. The van der Waals surface area contributed by atoms with Gasteiger partial charge in [-0.3, -0.25) is 9.59 Å². The molecule has 0 fully saturated rings. The Morgan fingerprint density at radius 1 is 1.04 bits per heavy atom. The minimum Gasteiger partial charge on any atom is -0.354 e. The molecule has 0 bridgehead atoms. The van der Waals surface area contributed by atoms with Crippen molar-refractivity contribution in [3.8, 4) is 0 Å². The minimum absolute atomic E-state index is 0.144. The SMILES string of the molecule is CCCNC(=O)[C@@H](CC)N(Cc1ccc(F)cc1)C(=O)Cc1ccccc1F. The summed E-state index contributed by atoms with van der Waals surface area (Å²) < 4.78 is 27.2. The smallest absolute Gasteiger partial charge is 0.242 e. The molecule has 0 aliphatic heterocycles. The third-order valence-corrected chi connectivity index (χ3v) is 4.50. The van der Waals surface area contributed by atoms with E-state index < -0.39 is 11.9 Å². The van der Waals surface area contributed by atoms with Gasteiger partial charge in [-0.15, -0.1) is 0 Å². The van der Waals surface area contributed by atoms with Crippen LogP contribution in [0.15, 0.2) is 48.5 Å². The minimum atomic E-state index is -0.684. The fourth-order valence-corrected chi connectivity index (χ4v) is 2.98. The molecule has 4 nitrogen and oxygen atoms in total. The number of carbonyl (C=O) groups is 2. The van der Waals surface area contributed by atoms with Crippen LogP contribution >= 0.6 is 0 Å². The Morgan fingerprint density at radius 2 is 1.71 bits per heavy atom. The molecule has 150 valence electrons. The molecule has 1 atom stereocenters. The lowest BCUT2D eigenvalue weighted by Gasteiger charge is -2.30. The molecule has 2 aromatic carbocycles. The first-order chi connectivity index (χ1) is 13.5. The molecule has 2 rings (SSSR count). The number of hydrogen-bond acceptors (Lipinski definition) is 2. The van der Waals surface area contributed by atoms with Gasteiger partial charge < -0.3 is 10.2 Å². The van der Waals surface area contributed by atoms with Gasteiger partial charge in [-0.05, 0) is 42.2 Å². The molecule has 0 saturated carbocycles. The van der Waals surface area contributed by atoms with Crippen LogP contribution in [-0.4, -0.2) is 29.3 Å². The van der Waals surface area contributed by atoms with Crippen LogP contribution < -0.4 is 5.32 Å². The van der Waals surface area contributed by atoms with E-state index in [0.717, 1.165) is 6.42 Å². The Labute approximate surface area is 164 Å². The van der Waals surface area contributed by atoms with Crippen LogP contribution in [0.1, 0.15) is 37.8 Å². The predicted octanol–water partition coefficient (Wildman–Crippen LogP) is 3.84. The summed E-state index contributed by atoms with van der Waals surface area (Å²) in [6.45, 7) is 4.43. The second kappa shape index (κ2) is 10.5. The number of hydrogen-bond donors (Lipinski definition) is 1. The highest BCUT2D eigenvalue weighted by Gasteiger charge is 2.28. The molecular weight excluding hydrogens is 362 g/mol.